The van der Waals surface area contributed by atoms with Gasteiger partial charge < -0.3 is 25.4 Å². The van der Waals surface area contributed by atoms with Crippen LogP contribution in [0, 0.1) is 5.92 Å². The highest BCUT2D eigenvalue weighted by molar-refractivity contribution is 5.94. The molecular weight excluding hydrogens is 668 g/mol. The molecule has 0 bridgehead atoms. The highest BCUT2D eigenvalue weighted by Crippen LogP contribution is 2.26. The van der Waals surface area contributed by atoms with Crippen molar-refractivity contribution >= 4 is 11.9 Å². The number of carboxylic acids is 1. The maximum absolute atomic E-state index is 13.5. The minimum Gasteiger partial charge on any atom is -0.494 e. The number of carbonyl (C=O) groups is 2. The molecule has 53 heavy (non-hydrogen) atoms. The highest BCUT2D eigenvalue weighted by Gasteiger charge is 2.38. The van der Waals surface area contributed by atoms with Crippen LogP contribution in [0.15, 0.2) is 85.2 Å². The molecule has 1 aliphatic heterocycles. The highest BCUT2D eigenvalue weighted by atomic mass is 16.5. The number of piperidine rings is 1. The van der Waals surface area contributed by atoms with Gasteiger partial charge in [0, 0.05) is 42.2 Å². The van der Waals surface area contributed by atoms with Gasteiger partial charge in [-0.25, -0.2) is 9.97 Å². The fourth-order valence-electron chi connectivity index (χ4n) is 6.62. The summed E-state index contributed by atoms with van der Waals surface area (Å²) in [6.45, 7) is 9.51. The number of hydrogen-bond donors (Lipinski definition) is 4. The zero-order valence-electron chi connectivity index (χ0n) is 31.4. The Morgan fingerprint density at radius 3 is 2.15 bits per heavy atom. The summed E-state index contributed by atoms with van der Waals surface area (Å²) in [5, 5.41) is 34.5. The van der Waals surface area contributed by atoms with Gasteiger partial charge in [-0.15, -0.1) is 0 Å². The number of unbranched alkanes of at least 4 members (excludes halogenated alkanes) is 4. The van der Waals surface area contributed by atoms with Crippen LogP contribution in [0.1, 0.15) is 87.7 Å². The first-order chi connectivity index (χ1) is 25.4. The van der Waals surface area contributed by atoms with Gasteiger partial charge in [-0.2, -0.15) is 0 Å². The molecule has 0 spiro atoms. The molecule has 3 unspecified atom stereocenters. The molecule has 4 atom stereocenters. The molecule has 0 radical (unpaired) electrons. The van der Waals surface area contributed by atoms with Crippen LogP contribution in [0.4, 0.5) is 0 Å². The number of aromatic nitrogens is 2. The Morgan fingerprint density at radius 1 is 0.887 bits per heavy atom. The van der Waals surface area contributed by atoms with E-state index < -0.39 is 30.3 Å². The normalized spacial score (nSPS) is 17.5. The Bertz CT molecular complexity index is 1760. The zero-order chi connectivity index (χ0) is 38.0. The van der Waals surface area contributed by atoms with Crippen molar-refractivity contribution < 1.29 is 29.6 Å². The lowest BCUT2D eigenvalue weighted by molar-refractivity contribution is -0.152. The molecule has 5 rings (SSSR count). The number of ether oxygens (including phenoxy) is 1. The second kappa shape index (κ2) is 18.4. The van der Waals surface area contributed by atoms with Crippen molar-refractivity contribution in [3.05, 3.63) is 102 Å². The van der Waals surface area contributed by atoms with E-state index in [1.54, 1.807) is 29.4 Å². The fourth-order valence-corrected chi connectivity index (χ4v) is 6.62. The summed E-state index contributed by atoms with van der Waals surface area (Å²) in [4.78, 5) is 36.2. The van der Waals surface area contributed by atoms with Crippen molar-refractivity contribution in [1.29, 1.82) is 0 Å². The zero-order valence-corrected chi connectivity index (χ0v) is 31.4. The second-order valence-corrected chi connectivity index (χ2v) is 15.1. The van der Waals surface area contributed by atoms with Gasteiger partial charge in [0.25, 0.3) is 5.91 Å². The summed E-state index contributed by atoms with van der Waals surface area (Å²) in [5.74, 6) is -1.07. The molecule has 4 aromatic rings. The third-order valence-corrected chi connectivity index (χ3v) is 10.0. The summed E-state index contributed by atoms with van der Waals surface area (Å²) in [7, 11) is 0. The molecule has 1 saturated heterocycles. The largest absolute Gasteiger partial charge is 0.494 e. The third kappa shape index (κ3) is 10.9. The second-order valence-electron chi connectivity index (χ2n) is 15.1. The topological polar surface area (TPSA) is 145 Å². The lowest BCUT2D eigenvalue weighted by Gasteiger charge is -2.40. The van der Waals surface area contributed by atoms with E-state index in [1.165, 1.54) is 25.7 Å². The maximum Gasteiger partial charge on any atom is 0.310 e. The molecule has 1 aliphatic rings. The Labute approximate surface area is 313 Å². The van der Waals surface area contributed by atoms with Crippen molar-refractivity contribution in [2.45, 2.75) is 96.4 Å². The van der Waals surface area contributed by atoms with Crippen LogP contribution in [0.2, 0.25) is 0 Å². The van der Waals surface area contributed by atoms with Crippen LogP contribution >= 0.6 is 0 Å². The molecule has 1 aromatic heterocycles. The smallest absolute Gasteiger partial charge is 0.310 e. The van der Waals surface area contributed by atoms with Crippen molar-refractivity contribution in [3.8, 4) is 28.3 Å². The van der Waals surface area contributed by atoms with E-state index in [4.69, 9.17) is 4.74 Å². The quantitative estimate of drug-likeness (QED) is 0.0910. The molecule has 10 heteroatoms. The van der Waals surface area contributed by atoms with Crippen LogP contribution in [0.25, 0.3) is 22.5 Å². The number of rotatable bonds is 16. The Balaban J connectivity index is 1.25. The van der Waals surface area contributed by atoms with Crippen LogP contribution in [0.5, 0.6) is 5.75 Å². The maximum atomic E-state index is 13.5. The summed E-state index contributed by atoms with van der Waals surface area (Å²) in [6, 6.07) is 22.3. The number of benzene rings is 3. The van der Waals surface area contributed by atoms with Gasteiger partial charge in [0.2, 0.25) is 0 Å². The first-order valence-corrected chi connectivity index (χ1v) is 18.8. The lowest BCUT2D eigenvalue weighted by Crippen LogP contribution is -2.58. The number of aliphatic carboxylic acids is 1. The van der Waals surface area contributed by atoms with Crippen LogP contribution in [0.3, 0.4) is 0 Å². The molecule has 282 valence electrons. The SMILES string of the molecule is CCCCCCCOc1ccc(-c2cnc(-c3ccc(C[C@H](NC(=O)c4ccc(C(C)(C)C)cc4)C(O)N4CCC(O)C(C(=O)O)C4)cc3)nc2)cc1. The third-order valence-electron chi connectivity index (χ3n) is 10.0. The number of likely N-dealkylation sites (tertiary alicyclic amines) is 1. The van der Waals surface area contributed by atoms with E-state index in [1.807, 2.05) is 60.7 Å². The van der Waals surface area contributed by atoms with E-state index in [2.05, 4.69) is 43.0 Å². The van der Waals surface area contributed by atoms with Gasteiger partial charge >= 0.3 is 5.97 Å². The number of nitrogens with zero attached hydrogens (tertiary/aromatic N) is 3. The van der Waals surface area contributed by atoms with Gasteiger partial charge in [-0.3, -0.25) is 14.5 Å². The number of carbonyl (C=O) groups excluding carboxylic acids is 1. The Morgan fingerprint density at radius 2 is 1.53 bits per heavy atom. The number of aliphatic hydroxyl groups excluding tert-OH is 2. The Hall–Kier alpha value is -4.64. The van der Waals surface area contributed by atoms with Crippen molar-refractivity contribution in [2.75, 3.05) is 19.7 Å². The summed E-state index contributed by atoms with van der Waals surface area (Å²) >= 11 is 0. The molecule has 10 nitrogen and oxygen atoms in total. The minimum atomic E-state index is -1.19. The number of hydrogen-bond acceptors (Lipinski definition) is 8. The van der Waals surface area contributed by atoms with Crippen molar-refractivity contribution in [3.63, 3.8) is 0 Å². The van der Waals surface area contributed by atoms with Gasteiger partial charge in [0.1, 0.15) is 12.0 Å². The Kier molecular flexibility index (Phi) is 13.7. The number of aliphatic hydroxyl groups is 2. The van der Waals surface area contributed by atoms with E-state index in [9.17, 15) is 24.9 Å². The van der Waals surface area contributed by atoms with E-state index in [0.717, 1.165) is 46.6 Å². The molecule has 3 aromatic carbocycles. The van der Waals surface area contributed by atoms with Gasteiger partial charge in [-0.05, 0) is 65.6 Å². The predicted molar refractivity (Wildman–Crippen MR) is 207 cm³/mol. The lowest BCUT2D eigenvalue weighted by atomic mass is 9.86. The molecule has 1 fully saturated rings. The van der Waals surface area contributed by atoms with Gasteiger partial charge in [-0.1, -0.05) is 102 Å². The fraction of sp³-hybridized carbons (Fsp3) is 0.442. The minimum absolute atomic E-state index is 0.0340. The first-order valence-electron chi connectivity index (χ1n) is 18.8. The predicted octanol–water partition coefficient (Wildman–Crippen LogP) is 6.88. The first kappa shape index (κ1) is 39.6. The van der Waals surface area contributed by atoms with Crippen LogP contribution < -0.4 is 10.1 Å². The summed E-state index contributed by atoms with van der Waals surface area (Å²) in [6.07, 6.45) is 7.91. The van der Waals surface area contributed by atoms with Gasteiger partial charge in [0.15, 0.2) is 5.82 Å². The molecule has 0 aliphatic carbocycles. The number of amides is 1. The van der Waals surface area contributed by atoms with Crippen molar-refractivity contribution in [2.24, 2.45) is 5.92 Å². The average molecular weight is 723 g/mol. The molecule has 1 amide bonds. The van der Waals surface area contributed by atoms with Gasteiger partial charge in [0.05, 0.1) is 24.7 Å². The number of nitrogens with one attached hydrogen (secondary N) is 1. The van der Waals surface area contributed by atoms with E-state index in [0.29, 0.717) is 17.9 Å². The van der Waals surface area contributed by atoms with E-state index >= 15 is 0 Å². The van der Waals surface area contributed by atoms with Crippen molar-refractivity contribution in [1.82, 2.24) is 20.2 Å². The monoisotopic (exact) mass is 722 g/mol. The molecule has 0 saturated carbocycles. The molecule has 2 heterocycles. The van der Waals surface area contributed by atoms with Crippen LogP contribution in [-0.4, -0.2) is 80.1 Å². The summed E-state index contributed by atoms with van der Waals surface area (Å²) < 4.78 is 5.90. The standard InChI is InChI=1S/C43H54N4O6/c1-5-6-7-8-9-24-53-35-20-16-30(17-21-35)33-26-44-39(45-27-33)31-12-10-29(11-13-31)25-37(41(50)47-23-22-38(48)36(28-47)42(51)52)46-40(49)32-14-18-34(19-15-32)43(2,3)4/h10-21,26-27,36-38,41,48,50H,5-9,22-25,28H2,1-4H3,(H,46,49)(H,51,52)/t36?,37-,38?,41?/m0/s1. The molecular formula is C43H54N4O6. The average Bonchev–Trinajstić information content (AvgIpc) is 3.16. The molecule has 4 N–H and O–H groups in total. The number of carboxylic acid groups (broad SMARTS) is 1. The van der Waals surface area contributed by atoms with Crippen LogP contribution in [-0.2, 0) is 16.6 Å². The summed E-state index contributed by atoms with van der Waals surface area (Å²) in [5.41, 5.74) is 5.05. The van der Waals surface area contributed by atoms with E-state index in [-0.39, 0.29) is 30.7 Å².